The first-order valence-corrected chi connectivity index (χ1v) is 6.13. The van der Waals surface area contributed by atoms with Crippen molar-refractivity contribution in [3.05, 3.63) is 52.1 Å². The third kappa shape index (κ3) is 2.44. The number of hydrogen-bond acceptors (Lipinski definition) is 2. The number of alkyl halides is 1. The maximum atomic E-state index is 12.8. The second-order valence-corrected chi connectivity index (χ2v) is 4.18. The van der Waals surface area contributed by atoms with Crippen LogP contribution in [0.15, 0.2) is 35.1 Å². The molecule has 0 aliphatic rings. The van der Waals surface area contributed by atoms with Crippen LogP contribution in [0.3, 0.4) is 0 Å². The van der Waals surface area contributed by atoms with Gasteiger partial charge in [0.15, 0.2) is 0 Å². The fourth-order valence-corrected chi connectivity index (χ4v) is 1.93. The molecule has 0 atom stereocenters. The minimum absolute atomic E-state index is 0.132. The minimum Gasteiger partial charge on any atom is -0.267 e. The molecule has 0 bridgehead atoms. The van der Waals surface area contributed by atoms with E-state index in [2.05, 4.69) is 21.0 Å². The van der Waals surface area contributed by atoms with Crippen LogP contribution in [0.25, 0.3) is 11.3 Å². The Balaban J connectivity index is 2.56. The summed E-state index contributed by atoms with van der Waals surface area (Å²) < 4.78 is 14.1. The van der Waals surface area contributed by atoms with Gasteiger partial charge in [-0.3, -0.25) is 4.79 Å². The molecule has 0 aliphatic carbocycles. The Morgan fingerprint density at radius 1 is 1.35 bits per heavy atom. The van der Waals surface area contributed by atoms with Gasteiger partial charge in [-0.25, -0.2) is 9.07 Å². The van der Waals surface area contributed by atoms with Crippen LogP contribution in [0.5, 0.6) is 0 Å². The van der Waals surface area contributed by atoms with E-state index in [0.717, 1.165) is 5.56 Å². The SMILES string of the molecule is Cn1nc(-c2ccc(F)cc2)cc(CBr)c1=O. The van der Waals surface area contributed by atoms with Crippen LogP contribution in [0.4, 0.5) is 4.39 Å². The Morgan fingerprint density at radius 2 is 2.00 bits per heavy atom. The van der Waals surface area contributed by atoms with Gasteiger partial charge in [-0.15, -0.1) is 0 Å². The van der Waals surface area contributed by atoms with Crippen LogP contribution in [0, 0.1) is 5.82 Å². The molecular formula is C12H10BrFN2O. The van der Waals surface area contributed by atoms with Gasteiger partial charge in [-0.1, -0.05) is 15.9 Å². The van der Waals surface area contributed by atoms with E-state index in [1.807, 2.05) is 0 Å². The Morgan fingerprint density at radius 3 is 2.59 bits per heavy atom. The molecule has 0 aliphatic heterocycles. The van der Waals surface area contributed by atoms with Crippen LogP contribution in [0.1, 0.15) is 5.56 Å². The van der Waals surface area contributed by atoms with E-state index in [1.165, 1.54) is 16.8 Å². The molecule has 0 unspecified atom stereocenters. The van der Waals surface area contributed by atoms with Gasteiger partial charge >= 0.3 is 0 Å². The predicted octanol–water partition coefficient (Wildman–Crippen LogP) is 2.48. The van der Waals surface area contributed by atoms with Crippen molar-refractivity contribution in [2.75, 3.05) is 0 Å². The zero-order chi connectivity index (χ0) is 12.4. The number of nitrogens with zero attached hydrogens (tertiary/aromatic N) is 2. The number of rotatable bonds is 2. The largest absolute Gasteiger partial charge is 0.270 e. The third-order valence-electron chi connectivity index (χ3n) is 2.42. The van der Waals surface area contributed by atoms with Crippen LogP contribution in [-0.4, -0.2) is 9.78 Å². The highest BCUT2D eigenvalue weighted by Crippen LogP contribution is 2.17. The number of benzene rings is 1. The number of halogens is 2. The van der Waals surface area contributed by atoms with Crippen molar-refractivity contribution in [2.24, 2.45) is 7.05 Å². The Bertz CT molecular complexity index is 592. The molecule has 0 saturated heterocycles. The zero-order valence-electron chi connectivity index (χ0n) is 9.15. The summed E-state index contributed by atoms with van der Waals surface area (Å²) in [5.74, 6) is -0.292. The summed E-state index contributed by atoms with van der Waals surface area (Å²) in [7, 11) is 1.60. The first-order valence-electron chi connectivity index (χ1n) is 5.01. The average molecular weight is 297 g/mol. The summed E-state index contributed by atoms with van der Waals surface area (Å²) in [6, 6.07) is 7.73. The Labute approximate surface area is 106 Å². The van der Waals surface area contributed by atoms with Crippen LogP contribution in [0.2, 0.25) is 0 Å². The van der Waals surface area contributed by atoms with E-state index >= 15 is 0 Å². The van der Waals surface area contributed by atoms with Gasteiger partial charge in [0.2, 0.25) is 0 Å². The Hall–Kier alpha value is -1.49. The summed E-state index contributed by atoms with van der Waals surface area (Å²) >= 11 is 3.26. The molecule has 0 fully saturated rings. The lowest BCUT2D eigenvalue weighted by atomic mass is 10.1. The van der Waals surface area contributed by atoms with Crippen molar-refractivity contribution >= 4 is 15.9 Å². The second-order valence-electron chi connectivity index (χ2n) is 3.62. The molecule has 2 aromatic rings. The molecule has 0 N–H and O–H groups in total. The standard InChI is InChI=1S/C12H10BrFN2O/c1-16-12(17)9(7-13)6-11(15-16)8-2-4-10(14)5-3-8/h2-6H,7H2,1H3. The van der Waals surface area contributed by atoms with Crippen molar-refractivity contribution in [1.82, 2.24) is 9.78 Å². The van der Waals surface area contributed by atoms with Crippen molar-refractivity contribution in [1.29, 1.82) is 0 Å². The number of aryl methyl sites for hydroxylation is 1. The molecule has 0 spiro atoms. The third-order valence-corrected chi connectivity index (χ3v) is 3.03. The summed E-state index contributed by atoms with van der Waals surface area (Å²) in [5, 5.41) is 4.61. The van der Waals surface area contributed by atoms with E-state index in [4.69, 9.17) is 0 Å². The van der Waals surface area contributed by atoms with Crippen molar-refractivity contribution in [3.8, 4) is 11.3 Å². The maximum absolute atomic E-state index is 12.8. The van der Waals surface area contributed by atoms with Gasteiger partial charge in [0.05, 0.1) is 5.69 Å². The van der Waals surface area contributed by atoms with E-state index < -0.39 is 0 Å². The van der Waals surface area contributed by atoms with E-state index in [0.29, 0.717) is 16.6 Å². The van der Waals surface area contributed by atoms with Crippen molar-refractivity contribution in [2.45, 2.75) is 5.33 Å². The molecule has 1 aromatic heterocycles. The highest BCUT2D eigenvalue weighted by molar-refractivity contribution is 9.08. The lowest BCUT2D eigenvalue weighted by Crippen LogP contribution is -2.23. The van der Waals surface area contributed by atoms with Gasteiger partial charge < -0.3 is 0 Å². The first kappa shape index (κ1) is 12.0. The second kappa shape index (κ2) is 4.79. The normalized spacial score (nSPS) is 10.5. The average Bonchev–Trinajstić information content (AvgIpc) is 2.33. The van der Waals surface area contributed by atoms with Gasteiger partial charge in [0.1, 0.15) is 5.82 Å². The zero-order valence-corrected chi connectivity index (χ0v) is 10.7. The van der Waals surface area contributed by atoms with Crippen molar-refractivity contribution < 1.29 is 4.39 Å². The van der Waals surface area contributed by atoms with Gasteiger partial charge in [-0.05, 0) is 30.3 Å². The lowest BCUT2D eigenvalue weighted by Gasteiger charge is -2.05. The molecule has 2 rings (SSSR count). The first-order chi connectivity index (χ1) is 8.11. The van der Waals surface area contributed by atoms with Crippen LogP contribution >= 0.6 is 15.9 Å². The minimum atomic E-state index is -0.292. The molecule has 0 saturated carbocycles. The molecule has 1 aromatic carbocycles. The molecular weight excluding hydrogens is 287 g/mol. The van der Waals surface area contributed by atoms with E-state index in [-0.39, 0.29) is 11.4 Å². The predicted molar refractivity (Wildman–Crippen MR) is 67.5 cm³/mol. The van der Waals surface area contributed by atoms with Crippen molar-refractivity contribution in [3.63, 3.8) is 0 Å². The van der Waals surface area contributed by atoms with Gasteiger partial charge in [0, 0.05) is 23.5 Å². The quantitative estimate of drug-likeness (QED) is 0.798. The fourth-order valence-electron chi connectivity index (χ4n) is 1.53. The fraction of sp³-hybridized carbons (Fsp3) is 0.167. The van der Waals surface area contributed by atoms with E-state index in [1.54, 1.807) is 25.2 Å². The van der Waals surface area contributed by atoms with Crippen LogP contribution in [-0.2, 0) is 12.4 Å². The summed E-state index contributed by atoms with van der Waals surface area (Å²) in [5.41, 5.74) is 1.93. The maximum Gasteiger partial charge on any atom is 0.270 e. The molecule has 0 amide bonds. The topological polar surface area (TPSA) is 34.9 Å². The summed E-state index contributed by atoms with van der Waals surface area (Å²) in [4.78, 5) is 11.6. The molecule has 0 radical (unpaired) electrons. The van der Waals surface area contributed by atoms with Gasteiger partial charge in [-0.2, -0.15) is 5.10 Å². The Kier molecular flexibility index (Phi) is 3.38. The molecule has 17 heavy (non-hydrogen) atoms. The number of hydrogen-bond donors (Lipinski definition) is 0. The molecule has 5 heteroatoms. The summed E-state index contributed by atoms with van der Waals surface area (Å²) in [6.45, 7) is 0. The molecule has 1 heterocycles. The molecule has 88 valence electrons. The van der Waals surface area contributed by atoms with Gasteiger partial charge in [0.25, 0.3) is 5.56 Å². The van der Waals surface area contributed by atoms with E-state index in [9.17, 15) is 9.18 Å². The van der Waals surface area contributed by atoms with Crippen LogP contribution < -0.4 is 5.56 Å². The highest BCUT2D eigenvalue weighted by atomic mass is 79.9. The highest BCUT2D eigenvalue weighted by Gasteiger charge is 2.07. The lowest BCUT2D eigenvalue weighted by molar-refractivity contribution is 0.628. The smallest absolute Gasteiger partial charge is 0.267 e. The molecule has 3 nitrogen and oxygen atoms in total. The monoisotopic (exact) mass is 296 g/mol. The summed E-state index contributed by atoms with van der Waals surface area (Å²) in [6.07, 6.45) is 0. The number of aromatic nitrogens is 2.